The summed E-state index contributed by atoms with van der Waals surface area (Å²) in [4.78, 5) is 23.8. The van der Waals surface area contributed by atoms with Crippen molar-refractivity contribution >= 4 is 27.4 Å². The number of amides is 1. The number of rotatable bonds is 6. The van der Waals surface area contributed by atoms with Crippen molar-refractivity contribution in [1.29, 1.82) is 0 Å². The smallest absolute Gasteiger partial charge is 0.337 e. The molecular formula is C15H22N2O5S. The van der Waals surface area contributed by atoms with Gasteiger partial charge in [-0.05, 0) is 31.5 Å². The average molecular weight is 342 g/mol. The summed E-state index contributed by atoms with van der Waals surface area (Å²) in [7, 11) is -2.37. The molecule has 1 aromatic carbocycles. The van der Waals surface area contributed by atoms with Crippen molar-refractivity contribution in [3.63, 3.8) is 0 Å². The standard InChI is InChI=1S/C15H22N2O5S/c1-5-6-15(2,16)14(19)17-11-7-10(13(18)22-3)8-12(9-11)23(4,20)21/h7-9H,5-6,16H2,1-4H3,(H,17,19). The van der Waals surface area contributed by atoms with E-state index in [1.165, 1.54) is 25.3 Å². The number of ether oxygens (including phenoxy) is 1. The Balaban J connectivity index is 3.26. The van der Waals surface area contributed by atoms with Gasteiger partial charge in [-0.2, -0.15) is 0 Å². The predicted molar refractivity (Wildman–Crippen MR) is 87.0 cm³/mol. The van der Waals surface area contributed by atoms with Crippen LogP contribution in [0.4, 0.5) is 5.69 Å². The van der Waals surface area contributed by atoms with Crippen molar-refractivity contribution < 1.29 is 22.7 Å². The Hall–Kier alpha value is -1.93. The van der Waals surface area contributed by atoms with E-state index in [1.807, 2.05) is 6.92 Å². The Labute approximate surface area is 136 Å². The first-order valence-electron chi connectivity index (χ1n) is 7.05. The van der Waals surface area contributed by atoms with E-state index in [9.17, 15) is 18.0 Å². The van der Waals surface area contributed by atoms with E-state index < -0.39 is 27.3 Å². The third-order valence-electron chi connectivity index (χ3n) is 3.30. The molecule has 0 aliphatic rings. The second kappa shape index (κ2) is 7.10. The van der Waals surface area contributed by atoms with Crippen LogP contribution in [-0.2, 0) is 19.4 Å². The molecule has 0 spiro atoms. The first-order valence-corrected chi connectivity index (χ1v) is 8.94. The molecule has 0 radical (unpaired) electrons. The summed E-state index contributed by atoms with van der Waals surface area (Å²) >= 11 is 0. The normalized spacial score (nSPS) is 14.0. The van der Waals surface area contributed by atoms with Gasteiger partial charge in [-0.15, -0.1) is 0 Å². The molecule has 7 nitrogen and oxygen atoms in total. The van der Waals surface area contributed by atoms with Crippen molar-refractivity contribution in [3.05, 3.63) is 23.8 Å². The zero-order valence-corrected chi connectivity index (χ0v) is 14.5. The number of sulfone groups is 1. The molecular weight excluding hydrogens is 320 g/mol. The quantitative estimate of drug-likeness (QED) is 0.754. The minimum Gasteiger partial charge on any atom is -0.465 e. The number of hydrogen-bond acceptors (Lipinski definition) is 6. The lowest BCUT2D eigenvalue weighted by molar-refractivity contribution is -0.120. The molecule has 0 saturated carbocycles. The fraction of sp³-hybridized carbons (Fsp3) is 0.467. The maximum atomic E-state index is 12.2. The highest BCUT2D eigenvalue weighted by Gasteiger charge is 2.27. The second-order valence-electron chi connectivity index (χ2n) is 5.63. The van der Waals surface area contributed by atoms with E-state index in [1.54, 1.807) is 6.92 Å². The highest BCUT2D eigenvalue weighted by atomic mass is 32.2. The molecule has 0 bridgehead atoms. The fourth-order valence-corrected chi connectivity index (χ4v) is 2.71. The fourth-order valence-electron chi connectivity index (χ4n) is 2.03. The van der Waals surface area contributed by atoms with Crippen LogP contribution in [0.3, 0.4) is 0 Å². The van der Waals surface area contributed by atoms with E-state index >= 15 is 0 Å². The summed E-state index contributed by atoms with van der Waals surface area (Å²) in [6.07, 6.45) is 2.20. The molecule has 0 saturated heterocycles. The first kappa shape index (κ1) is 19.1. The molecule has 0 heterocycles. The van der Waals surface area contributed by atoms with Gasteiger partial charge in [-0.25, -0.2) is 13.2 Å². The molecule has 1 amide bonds. The predicted octanol–water partition coefficient (Wildman–Crippen LogP) is 1.33. The van der Waals surface area contributed by atoms with Crippen LogP contribution in [0.1, 0.15) is 37.0 Å². The van der Waals surface area contributed by atoms with Gasteiger partial charge in [-0.1, -0.05) is 13.3 Å². The third kappa shape index (κ3) is 5.04. The zero-order valence-electron chi connectivity index (χ0n) is 13.7. The highest BCUT2D eigenvalue weighted by Crippen LogP contribution is 2.21. The van der Waals surface area contributed by atoms with Crippen molar-refractivity contribution in [2.45, 2.75) is 37.1 Å². The van der Waals surface area contributed by atoms with Gasteiger partial charge in [-0.3, -0.25) is 4.79 Å². The summed E-state index contributed by atoms with van der Waals surface area (Å²) in [5, 5.41) is 2.56. The van der Waals surface area contributed by atoms with E-state index in [4.69, 9.17) is 5.73 Å². The first-order chi connectivity index (χ1) is 10.5. The lowest BCUT2D eigenvalue weighted by Crippen LogP contribution is -2.48. The Morgan fingerprint density at radius 3 is 2.39 bits per heavy atom. The van der Waals surface area contributed by atoms with Crippen molar-refractivity contribution in [3.8, 4) is 0 Å². The van der Waals surface area contributed by atoms with E-state index in [0.717, 1.165) is 12.7 Å². The minimum absolute atomic E-state index is 0.0277. The van der Waals surface area contributed by atoms with Crippen molar-refractivity contribution in [2.24, 2.45) is 5.73 Å². The van der Waals surface area contributed by atoms with E-state index in [2.05, 4.69) is 10.1 Å². The van der Waals surface area contributed by atoms with Crippen LogP contribution in [-0.4, -0.2) is 39.2 Å². The lowest BCUT2D eigenvalue weighted by Gasteiger charge is -2.23. The summed E-state index contributed by atoms with van der Waals surface area (Å²) in [5.41, 5.74) is 5.05. The van der Waals surface area contributed by atoms with E-state index in [-0.39, 0.29) is 16.1 Å². The molecule has 23 heavy (non-hydrogen) atoms. The van der Waals surface area contributed by atoms with Crippen LogP contribution in [0.25, 0.3) is 0 Å². The second-order valence-corrected chi connectivity index (χ2v) is 7.65. The van der Waals surface area contributed by atoms with Crippen LogP contribution in [0.5, 0.6) is 0 Å². The number of nitrogens with two attached hydrogens (primary N) is 1. The van der Waals surface area contributed by atoms with Crippen LogP contribution < -0.4 is 11.1 Å². The van der Waals surface area contributed by atoms with Gasteiger partial charge in [0.15, 0.2) is 9.84 Å². The zero-order chi connectivity index (χ0) is 17.8. The van der Waals surface area contributed by atoms with Gasteiger partial charge in [0.1, 0.15) is 0 Å². The van der Waals surface area contributed by atoms with E-state index in [0.29, 0.717) is 6.42 Å². The Bertz CT molecular complexity index is 711. The van der Waals surface area contributed by atoms with Crippen LogP contribution in [0.2, 0.25) is 0 Å². The number of anilines is 1. The van der Waals surface area contributed by atoms with Crippen molar-refractivity contribution in [1.82, 2.24) is 0 Å². The monoisotopic (exact) mass is 342 g/mol. The minimum atomic E-state index is -3.56. The van der Waals surface area contributed by atoms with Gasteiger partial charge in [0.2, 0.25) is 5.91 Å². The highest BCUT2D eigenvalue weighted by molar-refractivity contribution is 7.90. The molecule has 0 aliphatic carbocycles. The largest absolute Gasteiger partial charge is 0.465 e. The van der Waals surface area contributed by atoms with Gasteiger partial charge < -0.3 is 15.8 Å². The summed E-state index contributed by atoms with van der Waals surface area (Å²) < 4.78 is 28.1. The van der Waals surface area contributed by atoms with Crippen LogP contribution in [0.15, 0.2) is 23.1 Å². The number of hydrogen-bond donors (Lipinski definition) is 2. The summed E-state index contributed by atoms with van der Waals surface area (Å²) in [6.45, 7) is 3.49. The van der Waals surface area contributed by atoms with Gasteiger partial charge in [0, 0.05) is 11.9 Å². The Morgan fingerprint density at radius 1 is 1.30 bits per heavy atom. The molecule has 1 unspecified atom stereocenters. The van der Waals surface area contributed by atoms with Gasteiger partial charge in [0.05, 0.1) is 23.1 Å². The Morgan fingerprint density at radius 2 is 1.91 bits per heavy atom. The SMILES string of the molecule is CCCC(C)(N)C(=O)Nc1cc(C(=O)OC)cc(S(C)(=O)=O)c1. The number of methoxy groups -OCH3 is 1. The molecule has 0 fully saturated rings. The van der Waals surface area contributed by atoms with Crippen LogP contribution in [0, 0.1) is 0 Å². The molecule has 1 rings (SSSR count). The summed E-state index contributed by atoms with van der Waals surface area (Å²) in [5.74, 6) is -1.16. The molecule has 0 aliphatic heterocycles. The molecule has 3 N–H and O–H groups in total. The maximum Gasteiger partial charge on any atom is 0.337 e. The van der Waals surface area contributed by atoms with Crippen molar-refractivity contribution in [2.75, 3.05) is 18.7 Å². The van der Waals surface area contributed by atoms with Gasteiger partial charge in [0.25, 0.3) is 0 Å². The number of nitrogens with one attached hydrogen (secondary N) is 1. The van der Waals surface area contributed by atoms with Crippen LogP contribution >= 0.6 is 0 Å². The average Bonchev–Trinajstić information content (AvgIpc) is 2.45. The third-order valence-corrected chi connectivity index (χ3v) is 4.39. The molecule has 128 valence electrons. The number of carbonyl (C=O) groups is 2. The number of esters is 1. The molecule has 1 atom stereocenters. The topological polar surface area (TPSA) is 116 Å². The maximum absolute atomic E-state index is 12.2. The van der Waals surface area contributed by atoms with Gasteiger partial charge >= 0.3 is 5.97 Å². The number of carbonyl (C=O) groups excluding carboxylic acids is 2. The lowest BCUT2D eigenvalue weighted by atomic mass is 9.96. The summed E-state index contributed by atoms with van der Waals surface area (Å²) in [6, 6.07) is 3.83. The number of benzene rings is 1. The Kier molecular flexibility index (Phi) is 5.90. The molecule has 1 aromatic rings. The molecule has 0 aromatic heterocycles. The molecule has 8 heteroatoms.